The van der Waals surface area contributed by atoms with E-state index in [1.807, 2.05) is 30.3 Å². The van der Waals surface area contributed by atoms with Crippen LogP contribution in [0.5, 0.6) is 0 Å². The largest absolute Gasteiger partial charge is 0.416 e. The fraction of sp³-hybridized carbons (Fsp3) is 0.346. The highest BCUT2D eigenvalue weighted by molar-refractivity contribution is 5.94. The molecule has 9 heteroatoms. The van der Waals surface area contributed by atoms with Crippen molar-refractivity contribution in [3.8, 4) is 11.4 Å². The average Bonchev–Trinajstić information content (AvgIpc) is 2.88. The van der Waals surface area contributed by atoms with E-state index in [1.165, 1.54) is 12.1 Å². The highest BCUT2D eigenvalue weighted by Crippen LogP contribution is 2.32. The molecule has 0 spiro atoms. The third kappa shape index (κ3) is 4.86. The number of anilines is 1. The van der Waals surface area contributed by atoms with Gasteiger partial charge in [0.15, 0.2) is 5.82 Å². The van der Waals surface area contributed by atoms with Crippen molar-refractivity contribution in [1.82, 2.24) is 19.8 Å². The number of hydrogen-bond acceptors (Lipinski definition) is 5. The van der Waals surface area contributed by atoms with Crippen LogP contribution < -0.4 is 4.90 Å². The van der Waals surface area contributed by atoms with E-state index in [9.17, 15) is 18.0 Å². The zero-order valence-corrected chi connectivity index (χ0v) is 19.4. The molecule has 35 heavy (non-hydrogen) atoms. The number of amides is 1. The van der Waals surface area contributed by atoms with Crippen LogP contribution in [0.3, 0.4) is 0 Å². The fourth-order valence-corrected chi connectivity index (χ4v) is 4.58. The van der Waals surface area contributed by atoms with Crippen molar-refractivity contribution in [3.63, 3.8) is 0 Å². The van der Waals surface area contributed by atoms with Crippen molar-refractivity contribution >= 4 is 11.7 Å². The van der Waals surface area contributed by atoms with Gasteiger partial charge in [0.25, 0.3) is 5.91 Å². The summed E-state index contributed by atoms with van der Waals surface area (Å²) in [5.74, 6) is 1.04. The van der Waals surface area contributed by atoms with E-state index in [1.54, 1.807) is 4.90 Å². The van der Waals surface area contributed by atoms with Gasteiger partial charge in [-0.05, 0) is 25.2 Å². The summed E-state index contributed by atoms with van der Waals surface area (Å²) in [5.41, 5.74) is 1.90. The molecule has 1 fully saturated rings. The van der Waals surface area contributed by atoms with E-state index in [0.29, 0.717) is 18.8 Å². The quantitative estimate of drug-likeness (QED) is 0.564. The summed E-state index contributed by atoms with van der Waals surface area (Å²) in [5, 5.41) is 0. The molecule has 0 unspecified atom stereocenters. The molecular formula is C26H26F3N5O. The molecular weight excluding hydrogens is 455 g/mol. The number of hydrogen-bond donors (Lipinski definition) is 0. The minimum atomic E-state index is -4.50. The average molecular weight is 482 g/mol. The molecule has 6 nitrogen and oxygen atoms in total. The maximum Gasteiger partial charge on any atom is 0.416 e. The Morgan fingerprint density at radius 3 is 2.37 bits per heavy atom. The van der Waals surface area contributed by atoms with Crippen molar-refractivity contribution in [2.24, 2.45) is 0 Å². The number of carbonyl (C=O) groups excluding carboxylic acids is 1. The number of nitrogens with zero attached hydrogens (tertiary/aromatic N) is 5. The normalized spacial score (nSPS) is 16.8. The smallest absolute Gasteiger partial charge is 0.354 e. The number of piperazine rings is 1. The molecule has 2 aliphatic rings. The number of carbonyl (C=O) groups is 1. The van der Waals surface area contributed by atoms with Crippen LogP contribution in [0, 0.1) is 0 Å². The minimum absolute atomic E-state index is 0.0336. The van der Waals surface area contributed by atoms with Crippen LogP contribution in [0.25, 0.3) is 11.4 Å². The highest BCUT2D eigenvalue weighted by atomic mass is 19.4. The number of aromatic nitrogens is 2. The second-order valence-corrected chi connectivity index (χ2v) is 9.01. The molecule has 1 aromatic heterocycles. The van der Waals surface area contributed by atoms with Gasteiger partial charge < -0.3 is 14.7 Å². The maximum absolute atomic E-state index is 13.2. The second-order valence-electron chi connectivity index (χ2n) is 9.01. The number of rotatable bonds is 3. The zero-order valence-electron chi connectivity index (χ0n) is 19.4. The van der Waals surface area contributed by atoms with Gasteiger partial charge in [-0.15, -0.1) is 0 Å². The SMILES string of the molecule is CN1CCN(c2nc(-c3ccccc3)nc3c2CN(C(=O)c2cccc(C(F)(F)F)c2)CC3)CC1. The third-order valence-electron chi connectivity index (χ3n) is 6.60. The Kier molecular flexibility index (Phi) is 6.19. The van der Waals surface area contributed by atoms with Gasteiger partial charge >= 0.3 is 6.18 Å². The molecule has 0 atom stereocenters. The Morgan fingerprint density at radius 2 is 1.66 bits per heavy atom. The molecule has 0 radical (unpaired) electrons. The van der Waals surface area contributed by atoms with Gasteiger partial charge in [-0.25, -0.2) is 9.97 Å². The second kappa shape index (κ2) is 9.30. The first-order chi connectivity index (χ1) is 16.8. The van der Waals surface area contributed by atoms with Crippen LogP contribution in [0.4, 0.5) is 19.0 Å². The van der Waals surface area contributed by atoms with Crippen LogP contribution in [-0.4, -0.2) is 65.4 Å². The molecule has 0 saturated carbocycles. The lowest BCUT2D eigenvalue weighted by molar-refractivity contribution is -0.137. The van der Waals surface area contributed by atoms with E-state index >= 15 is 0 Å². The van der Waals surface area contributed by atoms with Crippen LogP contribution in [-0.2, 0) is 19.1 Å². The molecule has 1 amide bonds. The van der Waals surface area contributed by atoms with E-state index in [0.717, 1.165) is 61.0 Å². The Labute approximate surface area is 202 Å². The first kappa shape index (κ1) is 23.3. The number of fused-ring (bicyclic) bond motifs is 1. The lowest BCUT2D eigenvalue weighted by atomic mass is 10.0. The number of alkyl halides is 3. The Balaban J connectivity index is 1.49. The molecule has 0 aliphatic carbocycles. The number of benzene rings is 2. The van der Waals surface area contributed by atoms with Crippen LogP contribution in [0.2, 0.25) is 0 Å². The predicted octanol–water partition coefficient (Wildman–Crippen LogP) is 4.11. The van der Waals surface area contributed by atoms with Crippen LogP contribution in [0.1, 0.15) is 27.2 Å². The third-order valence-corrected chi connectivity index (χ3v) is 6.60. The van der Waals surface area contributed by atoms with Gasteiger partial charge in [0.1, 0.15) is 5.82 Å². The first-order valence-electron chi connectivity index (χ1n) is 11.6. The lowest BCUT2D eigenvalue weighted by Crippen LogP contribution is -2.46. The lowest BCUT2D eigenvalue weighted by Gasteiger charge is -2.37. The van der Waals surface area contributed by atoms with Crippen molar-refractivity contribution in [2.75, 3.05) is 44.7 Å². The fourth-order valence-electron chi connectivity index (χ4n) is 4.58. The van der Waals surface area contributed by atoms with Crippen LogP contribution >= 0.6 is 0 Å². The van der Waals surface area contributed by atoms with Gasteiger partial charge in [0, 0.05) is 55.8 Å². The molecule has 0 bridgehead atoms. The monoisotopic (exact) mass is 481 g/mol. The summed E-state index contributed by atoms with van der Waals surface area (Å²) < 4.78 is 39.6. The van der Waals surface area contributed by atoms with Gasteiger partial charge in [0.05, 0.1) is 17.8 Å². The van der Waals surface area contributed by atoms with E-state index in [4.69, 9.17) is 9.97 Å². The summed E-state index contributed by atoms with van der Waals surface area (Å²) >= 11 is 0. The van der Waals surface area contributed by atoms with E-state index < -0.39 is 17.6 Å². The van der Waals surface area contributed by atoms with Crippen molar-refractivity contribution in [2.45, 2.75) is 19.1 Å². The van der Waals surface area contributed by atoms with Gasteiger partial charge in [-0.1, -0.05) is 36.4 Å². The van der Waals surface area contributed by atoms with E-state index in [2.05, 4.69) is 16.8 Å². The maximum atomic E-state index is 13.2. The molecule has 5 rings (SSSR count). The molecule has 2 aromatic carbocycles. The Morgan fingerprint density at radius 1 is 0.914 bits per heavy atom. The van der Waals surface area contributed by atoms with Gasteiger partial charge in [0.2, 0.25) is 0 Å². The van der Waals surface area contributed by atoms with Gasteiger partial charge in [-0.3, -0.25) is 4.79 Å². The molecule has 3 aromatic rings. The summed E-state index contributed by atoms with van der Waals surface area (Å²) in [6.07, 6.45) is -3.98. The Bertz CT molecular complexity index is 1220. The summed E-state index contributed by atoms with van der Waals surface area (Å²) in [4.78, 5) is 29.0. The minimum Gasteiger partial charge on any atom is -0.354 e. The molecule has 3 heterocycles. The summed E-state index contributed by atoms with van der Waals surface area (Å²) in [6.45, 7) is 4.04. The Hall–Kier alpha value is -3.46. The first-order valence-corrected chi connectivity index (χ1v) is 11.6. The van der Waals surface area contributed by atoms with Crippen molar-refractivity contribution in [3.05, 3.63) is 77.0 Å². The van der Waals surface area contributed by atoms with Gasteiger partial charge in [-0.2, -0.15) is 13.2 Å². The topological polar surface area (TPSA) is 52.6 Å². The molecule has 182 valence electrons. The van der Waals surface area contributed by atoms with Crippen molar-refractivity contribution < 1.29 is 18.0 Å². The summed E-state index contributed by atoms with van der Waals surface area (Å²) in [7, 11) is 2.08. The zero-order chi connectivity index (χ0) is 24.6. The molecule has 2 aliphatic heterocycles. The number of likely N-dealkylation sites (N-methyl/N-ethyl adjacent to an activating group) is 1. The highest BCUT2D eigenvalue weighted by Gasteiger charge is 2.33. The number of halogens is 3. The summed E-state index contributed by atoms with van der Waals surface area (Å²) in [6, 6.07) is 14.4. The van der Waals surface area contributed by atoms with Crippen molar-refractivity contribution in [1.29, 1.82) is 0 Å². The molecule has 0 N–H and O–H groups in total. The van der Waals surface area contributed by atoms with E-state index in [-0.39, 0.29) is 12.1 Å². The molecule has 1 saturated heterocycles. The van der Waals surface area contributed by atoms with Crippen LogP contribution in [0.15, 0.2) is 54.6 Å². The predicted molar refractivity (Wildman–Crippen MR) is 127 cm³/mol. The standard InChI is InChI=1S/C26H26F3N5O/c1-32-12-14-33(15-13-32)24-21-17-34(25(35)19-8-5-9-20(16-19)26(27,28)29)11-10-22(21)30-23(31-24)18-6-3-2-4-7-18/h2-9,16H,10-15,17H2,1H3.